The normalized spacial score (nSPS) is 28.4. The predicted molar refractivity (Wildman–Crippen MR) is 63.3 cm³/mol. The highest BCUT2D eigenvalue weighted by Crippen LogP contribution is 2.35. The first kappa shape index (κ1) is 9.95. The molecule has 2 atom stereocenters. The van der Waals surface area contributed by atoms with E-state index in [1.807, 2.05) is 22.6 Å². The lowest BCUT2D eigenvalue weighted by Crippen LogP contribution is -2.42. The first-order valence-corrected chi connectivity index (χ1v) is 5.81. The quantitative estimate of drug-likeness (QED) is 0.695. The molecular weight excluding hydrogens is 222 g/mol. The first-order valence-electron chi connectivity index (χ1n) is 5.47. The molecule has 2 bridgehead atoms. The molecule has 1 aromatic rings. The van der Waals surface area contributed by atoms with E-state index < -0.39 is 0 Å². The Kier molecular flexibility index (Phi) is 2.27. The van der Waals surface area contributed by atoms with Gasteiger partial charge in [0.1, 0.15) is 0 Å². The van der Waals surface area contributed by atoms with Crippen molar-refractivity contribution in [2.45, 2.75) is 18.5 Å². The van der Waals surface area contributed by atoms with Crippen LogP contribution in [-0.4, -0.2) is 29.6 Å². The molecule has 0 aromatic heterocycles. The maximum Gasteiger partial charge on any atom is 0.0992 e. The minimum Gasteiger partial charge on any atom is -0.365 e. The fourth-order valence-electron chi connectivity index (χ4n) is 2.69. The number of rotatable bonds is 1. The molecule has 0 amide bonds. The van der Waals surface area contributed by atoms with Crippen molar-refractivity contribution >= 4 is 17.5 Å². The summed E-state index contributed by atoms with van der Waals surface area (Å²) >= 11 is 6.07. The van der Waals surface area contributed by atoms with Gasteiger partial charge in [0.25, 0.3) is 0 Å². The van der Waals surface area contributed by atoms with E-state index in [9.17, 15) is 0 Å². The summed E-state index contributed by atoms with van der Waals surface area (Å²) in [6, 6.07) is 11.0. The molecule has 2 aliphatic heterocycles. The van der Waals surface area contributed by atoms with Gasteiger partial charge in [0.2, 0.25) is 0 Å². The van der Waals surface area contributed by atoms with Crippen LogP contribution in [0.3, 0.4) is 0 Å². The van der Waals surface area contributed by atoms with Gasteiger partial charge in [0, 0.05) is 30.9 Å². The van der Waals surface area contributed by atoms with Gasteiger partial charge in [0.05, 0.1) is 11.6 Å². The van der Waals surface area contributed by atoms with Crippen molar-refractivity contribution in [1.82, 2.24) is 4.42 Å². The third-order valence-electron chi connectivity index (χ3n) is 3.48. The summed E-state index contributed by atoms with van der Waals surface area (Å²) in [7, 11) is 0. The van der Waals surface area contributed by atoms with E-state index in [1.165, 1.54) is 0 Å². The zero-order chi connectivity index (χ0) is 11.1. The van der Waals surface area contributed by atoms with E-state index in [4.69, 9.17) is 17.0 Å². The van der Waals surface area contributed by atoms with Crippen LogP contribution < -0.4 is 4.90 Å². The average Bonchev–Trinajstić information content (AvgIpc) is 2.88. The molecule has 2 aliphatic rings. The zero-order valence-corrected chi connectivity index (χ0v) is 9.56. The van der Waals surface area contributed by atoms with Crippen LogP contribution >= 0.6 is 11.8 Å². The van der Waals surface area contributed by atoms with Crippen LogP contribution in [0, 0.1) is 11.3 Å². The minimum atomic E-state index is 0.470. The van der Waals surface area contributed by atoms with Crippen LogP contribution in [0.1, 0.15) is 12.0 Å². The second-order valence-electron chi connectivity index (χ2n) is 4.44. The van der Waals surface area contributed by atoms with Gasteiger partial charge in [-0.25, -0.2) is 4.42 Å². The fraction of sp³-hybridized carbons (Fsp3) is 0.417. The molecule has 0 aliphatic carbocycles. The molecule has 0 N–H and O–H groups in total. The largest absolute Gasteiger partial charge is 0.365 e. The molecule has 0 saturated carbocycles. The van der Waals surface area contributed by atoms with Crippen molar-refractivity contribution in [3.05, 3.63) is 29.8 Å². The highest BCUT2D eigenvalue weighted by atomic mass is 35.5. The summed E-state index contributed by atoms with van der Waals surface area (Å²) in [5, 5.41) is 8.88. The first-order chi connectivity index (χ1) is 7.78. The van der Waals surface area contributed by atoms with Gasteiger partial charge in [-0.2, -0.15) is 5.26 Å². The maximum absolute atomic E-state index is 8.88. The van der Waals surface area contributed by atoms with Gasteiger partial charge in [0.15, 0.2) is 0 Å². The highest BCUT2D eigenvalue weighted by molar-refractivity contribution is 6.13. The molecule has 2 fully saturated rings. The third kappa shape index (κ3) is 1.46. The molecule has 1 aromatic carbocycles. The van der Waals surface area contributed by atoms with E-state index in [1.54, 1.807) is 0 Å². The molecule has 0 radical (unpaired) electrons. The number of nitrogens with zero attached hydrogens (tertiary/aromatic N) is 3. The molecule has 0 unspecified atom stereocenters. The number of halogens is 1. The lowest BCUT2D eigenvalue weighted by molar-refractivity contribution is 0.398. The summed E-state index contributed by atoms with van der Waals surface area (Å²) in [6.45, 7) is 1.89. The van der Waals surface area contributed by atoms with Crippen molar-refractivity contribution in [3.63, 3.8) is 0 Å². The fourth-order valence-corrected chi connectivity index (χ4v) is 2.99. The van der Waals surface area contributed by atoms with Gasteiger partial charge in [-0.3, -0.25) is 0 Å². The lowest BCUT2D eigenvalue weighted by atomic mass is 10.2. The van der Waals surface area contributed by atoms with E-state index in [2.05, 4.69) is 17.0 Å². The van der Waals surface area contributed by atoms with Gasteiger partial charge >= 0.3 is 0 Å². The van der Waals surface area contributed by atoms with Crippen molar-refractivity contribution < 1.29 is 0 Å². The second kappa shape index (κ2) is 3.65. The molecule has 0 spiro atoms. The molecule has 4 heteroatoms. The van der Waals surface area contributed by atoms with Crippen molar-refractivity contribution in [2.24, 2.45) is 0 Å². The summed E-state index contributed by atoms with van der Waals surface area (Å²) in [6.07, 6.45) is 1.14. The van der Waals surface area contributed by atoms with Crippen LogP contribution in [0.5, 0.6) is 0 Å². The van der Waals surface area contributed by atoms with Gasteiger partial charge < -0.3 is 4.90 Å². The number of benzene rings is 1. The number of piperazine rings is 1. The van der Waals surface area contributed by atoms with Crippen LogP contribution in [0.2, 0.25) is 0 Å². The van der Waals surface area contributed by atoms with E-state index in [0.29, 0.717) is 12.1 Å². The standard InChI is InChI=1S/C12H12ClN3/c13-16-8-11-5-12(16)7-15(11)10-3-1-2-9(4-10)6-14/h1-4,11-12H,5,7-8H2/t11-,12-/m0/s1. The summed E-state index contributed by atoms with van der Waals surface area (Å²) in [5.74, 6) is 0. The number of hydrogen-bond acceptors (Lipinski definition) is 3. The number of hydrogen-bond donors (Lipinski definition) is 0. The maximum atomic E-state index is 8.88. The van der Waals surface area contributed by atoms with Crippen molar-refractivity contribution in [3.8, 4) is 6.07 Å². The Morgan fingerprint density at radius 1 is 1.31 bits per heavy atom. The molecule has 82 valence electrons. The summed E-state index contributed by atoms with van der Waals surface area (Å²) in [4.78, 5) is 2.37. The van der Waals surface area contributed by atoms with Gasteiger partial charge in [-0.05, 0) is 36.4 Å². The number of fused-ring (bicyclic) bond motifs is 2. The SMILES string of the molecule is N#Cc1cccc(N2C[C@@H]3C[C@H]2CN3Cl)c1. The molecule has 2 saturated heterocycles. The monoisotopic (exact) mass is 233 g/mol. The molecule has 2 heterocycles. The Morgan fingerprint density at radius 3 is 2.81 bits per heavy atom. The Balaban J connectivity index is 1.87. The lowest BCUT2D eigenvalue weighted by Gasteiger charge is -2.32. The topological polar surface area (TPSA) is 30.3 Å². The molecular formula is C12H12ClN3. The van der Waals surface area contributed by atoms with Gasteiger partial charge in [-0.1, -0.05) is 6.07 Å². The Bertz CT molecular complexity index is 452. The summed E-state index contributed by atoms with van der Waals surface area (Å²) < 4.78 is 1.91. The van der Waals surface area contributed by atoms with Gasteiger partial charge in [-0.15, -0.1) is 0 Å². The second-order valence-corrected chi connectivity index (χ2v) is 4.87. The van der Waals surface area contributed by atoms with Crippen LogP contribution in [-0.2, 0) is 0 Å². The minimum absolute atomic E-state index is 0.470. The smallest absolute Gasteiger partial charge is 0.0992 e. The Labute approximate surface area is 99.9 Å². The number of nitriles is 1. The molecule has 3 rings (SSSR count). The Morgan fingerprint density at radius 2 is 2.19 bits per heavy atom. The predicted octanol–water partition coefficient (Wildman–Crippen LogP) is 1.97. The zero-order valence-electron chi connectivity index (χ0n) is 8.81. The van der Waals surface area contributed by atoms with Crippen LogP contribution in [0.15, 0.2) is 24.3 Å². The van der Waals surface area contributed by atoms with Crippen LogP contribution in [0.25, 0.3) is 0 Å². The van der Waals surface area contributed by atoms with E-state index >= 15 is 0 Å². The number of anilines is 1. The van der Waals surface area contributed by atoms with E-state index in [0.717, 1.165) is 30.8 Å². The van der Waals surface area contributed by atoms with Crippen LogP contribution in [0.4, 0.5) is 5.69 Å². The Hall–Kier alpha value is -1.24. The van der Waals surface area contributed by atoms with Crippen molar-refractivity contribution in [1.29, 1.82) is 5.26 Å². The van der Waals surface area contributed by atoms with E-state index in [-0.39, 0.29) is 0 Å². The van der Waals surface area contributed by atoms with Crippen molar-refractivity contribution in [2.75, 3.05) is 18.0 Å². The molecule has 3 nitrogen and oxygen atoms in total. The highest BCUT2D eigenvalue weighted by Gasteiger charge is 2.42. The third-order valence-corrected chi connectivity index (χ3v) is 3.89. The summed E-state index contributed by atoms with van der Waals surface area (Å²) in [5.41, 5.74) is 1.87. The average molecular weight is 234 g/mol. The molecule has 16 heavy (non-hydrogen) atoms.